The fourth-order valence-electron chi connectivity index (χ4n) is 2.42. The monoisotopic (exact) mass is 304 g/mol. The molecule has 110 valence electrons. The van der Waals surface area contributed by atoms with Crippen molar-refractivity contribution in [1.29, 1.82) is 0 Å². The third kappa shape index (κ3) is 3.14. The van der Waals surface area contributed by atoms with Crippen LogP contribution in [0.4, 0.5) is 0 Å². The Kier molecular flexibility index (Phi) is 4.04. The quantitative estimate of drug-likeness (QED) is 0.934. The minimum Gasteiger partial charge on any atom is -0.488 e. The number of rotatable bonds is 4. The Morgan fingerprint density at radius 1 is 1.33 bits per heavy atom. The minimum absolute atomic E-state index is 0.00917. The van der Waals surface area contributed by atoms with Crippen LogP contribution < -0.4 is 9.47 Å². The van der Waals surface area contributed by atoms with Gasteiger partial charge in [0.2, 0.25) is 0 Å². The first-order chi connectivity index (χ1) is 10.1. The van der Waals surface area contributed by atoms with Gasteiger partial charge in [0.15, 0.2) is 0 Å². The van der Waals surface area contributed by atoms with Crippen molar-refractivity contribution >= 4 is 11.6 Å². The van der Waals surface area contributed by atoms with Gasteiger partial charge in [-0.15, -0.1) is 0 Å². The van der Waals surface area contributed by atoms with Crippen LogP contribution in [-0.4, -0.2) is 17.8 Å². The molecule has 1 N–H and O–H groups in total. The molecule has 0 fully saturated rings. The molecule has 4 heteroatoms. The molecule has 1 aliphatic heterocycles. The molecule has 0 saturated carbocycles. The summed E-state index contributed by atoms with van der Waals surface area (Å²) in [5.74, 6) is 1.54. The molecule has 0 spiro atoms. The summed E-state index contributed by atoms with van der Waals surface area (Å²) in [7, 11) is 0. The van der Waals surface area contributed by atoms with Gasteiger partial charge in [-0.05, 0) is 36.2 Å². The van der Waals surface area contributed by atoms with E-state index >= 15 is 0 Å². The molecule has 1 heterocycles. The summed E-state index contributed by atoms with van der Waals surface area (Å²) in [6, 6.07) is 13.3. The summed E-state index contributed by atoms with van der Waals surface area (Å²) in [6.45, 7) is 2.15. The molecule has 0 aromatic heterocycles. The van der Waals surface area contributed by atoms with Crippen molar-refractivity contribution in [1.82, 2.24) is 0 Å². The van der Waals surface area contributed by atoms with E-state index in [1.807, 2.05) is 24.3 Å². The number of hydrogen-bond donors (Lipinski definition) is 1. The van der Waals surface area contributed by atoms with Gasteiger partial charge in [-0.25, -0.2) is 0 Å². The molecule has 2 aromatic rings. The Labute approximate surface area is 129 Å². The second kappa shape index (κ2) is 5.96. The van der Waals surface area contributed by atoms with Gasteiger partial charge in [0.05, 0.1) is 11.1 Å². The molecule has 1 aliphatic rings. The molecule has 0 bridgehead atoms. The number of hydrogen-bond acceptors (Lipinski definition) is 3. The van der Waals surface area contributed by atoms with E-state index in [1.165, 1.54) is 5.56 Å². The van der Waals surface area contributed by atoms with Gasteiger partial charge >= 0.3 is 0 Å². The summed E-state index contributed by atoms with van der Waals surface area (Å²) in [5, 5.41) is 10.0. The van der Waals surface area contributed by atoms with Gasteiger partial charge in [0, 0.05) is 6.42 Å². The standard InChI is InChI=1S/C17H17ClO3/c1-11(19)12-6-7-17(15(18)9-12)20-10-14-8-13-4-2-3-5-16(13)21-14/h2-7,9,11,14,19H,8,10H2,1H3/t11-,14?/m0/s1. The fourth-order valence-corrected chi connectivity index (χ4v) is 2.67. The van der Waals surface area contributed by atoms with Crippen molar-refractivity contribution in [2.75, 3.05) is 6.61 Å². The summed E-state index contributed by atoms with van der Waals surface area (Å²) >= 11 is 6.17. The van der Waals surface area contributed by atoms with E-state index in [2.05, 4.69) is 6.07 Å². The maximum atomic E-state index is 9.52. The second-order valence-electron chi connectivity index (χ2n) is 5.23. The number of benzene rings is 2. The smallest absolute Gasteiger partial charge is 0.138 e. The van der Waals surface area contributed by atoms with E-state index in [-0.39, 0.29) is 6.10 Å². The zero-order chi connectivity index (χ0) is 14.8. The number of ether oxygens (including phenoxy) is 2. The maximum Gasteiger partial charge on any atom is 0.138 e. The highest BCUT2D eigenvalue weighted by Gasteiger charge is 2.23. The average Bonchev–Trinajstić information content (AvgIpc) is 2.88. The molecule has 3 rings (SSSR count). The van der Waals surface area contributed by atoms with Crippen LogP contribution in [0.2, 0.25) is 5.02 Å². The minimum atomic E-state index is -0.538. The van der Waals surface area contributed by atoms with Gasteiger partial charge in [0.25, 0.3) is 0 Å². The molecular weight excluding hydrogens is 288 g/mol. The molecule has 2 atom stereocenters. The van der Waals surface area contributed by atoms with Gasteiger partial charge in [-0.3, -0.25) is 0 Å². The summed E-state index contributed by atoms with van der Waals surface area (Å²) in [5.41, 5.74) is 1.98. The lowest BCUT2D eigenvalue weighted by molar-refractivity contribution is 0.148. The van der Waals surface area contributed by atoms with Crippen molar-refractivity contribution in [3.63, 3.8) is 0 Å². The SMILES string of the molecule is C[C@H](O)c1ccc(OCC2Cc3ccccc3O2)c(Cl)c1. The van der Waals surface area contributed by atoms with Gasteiger partial charge < -0.3 is 14.6 Å². The molecule has 2 aromatic carbocycles. The van der Waals surface area contributed by atoms with Crippen molar-refractivity contribution in [2.45, 2.75) is 25.6 Å². The molecular formula is C17H17ClO3. The predicted octanol–water partition coefficient (Wildman–Crippen LogP) is 3.78. The normalized spacial score (nSPS) is 18.0. The Hall–Kier alpha value is -1.71. The van der Waals surface area contributed by atoms with E-state index < -0.39 is 6.10 Å². The Morgan fingerprint density at radius 2 is 2.14 bits per heavy atom. The lowest BCUT2D eigenvalue weighted by atomic mass is 10.1. The summed E-state index contributed by atoms with van der Waals surface area (Å²) in [6.07, 6.45) is 0.318. The lowest BCUT2D eigenvalue weighted by Gasteiger charge is -2.14. The molecule has 3 nitrogen and oxygen atoms in total. The fraction of sp³-hybridized carbons (Fsp3) is 0.294. The van der Waals surface area contributed by atoms with Crippen LogP contribution in [0, 0.1) is 0 Å². The lowest BCUT2D eigenvalue weighted by Crippen LogP contribution is -2.22. The summed E-state index contributed by atoms with van der Waals surface area (Å²) < 4.78 is 11.6. The van der Waals surface area contributed by atoms with Crippen LogP contribution in [0.1, 0.15) is 24.2 Å². The van der Waals surface area contributed by atoms with Crippen LogP contribution >= 0.6 is 11.6 Å². The Balaban J connectivity index is 1.62. The molecule has 0 aliphatic carbocycles. The van der Waals surface area contributed by atoms with Crippen molar-refractivity contribution < 1.29 is 14.6 Å². The third-order valence-corrected chi connectivity index (χ3v) is 3.87. The molecule has 0 amide bonds. The van der Waals surface area contributed by atoms with E-state index in [9.17, 15) is 5.11 Å². The molecule has 1 unspecified atom stereocenters. The zero-order valence-electron chi connectivity index (χ0n) is 11.8. The zero-order valence-corrected chi connectivity index (χ0v) is 12.5. The Morgan fingerprint density at radius 3 is 2.86 bits per heavy atom. The van der Waals surface area contributed by atoms with E-state index in [4.69, 9.17) is 21.1 Å². The number of aliphatic hydroxyl groups is 1. The number of aliphatic hydroxyl groups excluding tert-OH is 1. The number of para-hydroxylation sites is 1. The molecule has 0 saturated heterocycles. The van der Waals surface area contributed by atoms with Crippen molar-refractivity contribution in [2.24, 2.45) is 0 Å². The first kappa shape index (κ1) is 14.2. The van der Waals surface area contributed by atoms with Crippen molar-refractivity contribution in [3.05, 3.63) is 58.6 Å². The largest absolute Gasteiger partial charge is 0.488 e. The Bertz CT molecular complexity index is 615. The summed E-state index contributed by atoms with van der Waals surface area (Å²) in [4.78, 5) is 0. The van der Waals surface area contributed by atoms with Crippen molar-refractivity contribution in [3.8, 4) is 11.5 Å². The highest BCUT2D eigenvalue weighted by Crippen LogP contribution is 2.31. The van der Waals surface area contributed by atoms with Gasteiger partial charge in [-0.1, -0.05) is 35.9 Å². The van der Waals surface area contributed by atoms with E-state index in [0.29, 0.717) is 17.4 Å². The average molecular weight is 305 g/mol. The van der Waals surface area contributed by atoms with Crippen LogP contribution in [0.3, 0.4) is 0 Å². The first-order valence-electron chi connectivity index (χ1n) is 6.98. The van der Waals surface area contributed by atoms with Crippen LogP contribution in [0.5, 0.6) is 11.5 Å². The number of halogens is 1. The topological polar surface area (TPSA) is 38.7 Å². The number of fused-ring (bicyclic) bond motifs is 1. The highest BCUT2D eigenvalue weighted by atomic mass is 35.5. The first-order valence-corrected chi connectivity index (χ1v) is 7.36. The molecule has 0 radical (unpaired) electrons. The maximum absolute atomic E-state index is 9.52. The van der Waals surface area contributed by atoms with Gasteiger partial charge in [0.1, 0.15) is 24.2 Å². The molecule has 21 heavy (non-hydrogen) atoms. The van der Waals surface area contributed by atoms with E-state index in [1.54, 1.807) is 19.1 Å². The second-order valence-corrected chi connectivity index (χ2v) is 5.64. The highest BCUT2D eigenvalue weighted by molar-refractivity contribution is 6.32. The predicted molar refractivity (Wildman–Crippen MR) is 82.1 cm³/mol. The van der Waals surface area contributed by atoms with Crippen LogP contribution in [0.15, 0.2) is 42.5 Å². The third-order valence-electron chi connectivity index (χ3n) is 3.58. The van der Waals surface area contributed by atoms with Gasteiger partial charge in [-0.2, -0.15) is 0 Å². The van der Waals surface area contributed by atoms with Crippen LogP contribution in [0.25, 0.3) is 0 Å². The van der Waals surface area contributed by atoms with Crippen LogP contribution in [-0.2, 0) is 6.42 Å². The van der Waals surface area contributed by atoms with E-state index in [0.717, 1.165) is 17.7 Å².